The predicted molar refractivity (Wildman–Crippen MR) is 87.3 cm³/mol. The van der Waals surface area contributed by atoms with Crippen LogP contribution in [-0.2, 0) is 13.1 Å². The molecule has 0 bridgehead atoms. The zero-order valence-electron chi connectivity index (χ0n) is 12.0. The van der Waals surface area contributed by atoms with Gasteiger partial charge >= 0.3 is 0 Å². The molecule has 3 heteroatoms. The Hall–Kier alpha value is -1.32. The molecule has 1 aromatic carbocycles. The van der Waals surface area contributed by atoms with E-state index in [1.54, 1.807) is 0 Å². The van der Waals surface area contributed by atoms with Gasteiger partial charge in [0.25, 0.3) is 0 Å². The number of rotatable bonds is 7. The maximum Gasteiger partial charge on any atom is 0.0525 e. The molecule has 0 amide bonds. The van der Waals surface area contributed by atoms with E-state index in [9.17, 15) is 0 Å². The van der Waals surface area contributed by atoms with Crippen LogP contribution in [-0.4, -0.2) is 12.6 Å². The summed E-state index contributed by atoms with van der Waals surface area (Å²) in [5.41, 5.74) is 2.73. The SMILES string of the molecule is CCNCc1ccc(N(Cc2cccs2)C2CC2)cc1. The van der Waals surface area contributed by atoms with Crippen LogP contribution < -0.4 is 10.2 Å². The van der Waals surface area contributed by atoms with Crippen LogP contribution in [0, 0.1) is 0 Å². The lowest BCUT2D eigenvalue weighted by Gasteiger charge is -2.24. The quantitative estimate of drug-likeness (QED) is 0.827. The van der Waals surface area contributed by atoms with Crippen molar-refractivity contribution in [3.63, 3.8) is 0 Å². The van der Waals surface area contributed by atoms with E-state index < -0.39 is 0 Å². The van der Waals surface area contributed by atoms with Crippen LogP contribution in [0.25, 0.3) is 0 Å². The van der Waals surface area contributed by atoms with Crippen molar-refractivity contribution in [2.45, 2.75) is 38.9 Å². The molecule has 20 heavy (non-hydrogen) atoms. The van der Waals surface area contributed by atoms with E-state index in [-0.39, 0.29) is 0 Å². The number of hydrogen-bond acceptors (Lipinski definition) is 3. The van der Waals surface area contributed by atoms with E-state index in [2.05, 4.69) is 58.9 Å². The summed E-state index contributed by atoms with van der Waals surface area (Å²) in [6, 6.07) is 14.2. The average molecular weight is 286 g/mol. The van der Waals surface area contributed by atoms with Gasteiger partial charge in [-0.2, -0.15) is 0 Å². The first-order valence-electron chi connectivity index (χ1n) is 7.45. The van der Waals surface area contributed by atoms with Gasteiger partial charge in [0, 0.05) is 23.2 Å². The second-order valence-electron chi connectivity index (χ2n) is 5.39. The van der Waals surface area contributed by atoms with E-state index >= 15 is 0 Å². The fourth-order valence-electron chi connectivity index (χ4n) is 2.46. The molecule has 0 atom stereocenters. The highest BCUT2D eigenvalue weighted by Gasteiger charge is 2.29. The van der Waals surface area contributed by atoms with Gasteiger partial charge < -0.3 is 10.2 Å². The number of thiophene rings is 1. The number of nitrogens with zero attached hydrogens (tertiary/aromatic N) is 1. The van der Waals surface area contributed by atoms with Gasteiger partial charge in [-0.1, -0.05) is 25.1 Å². The van der Waals surface area contributed by atoms with Crippen molar-refractivity contribution in [1.82, 2.24) is 5.32 Å². The van der Waals surface area contributed by atoms with E-state index in [0.717, 1.165) is 25.7 Å². The van der Waals surface area contributed by atoms with Crippen LogP contribution in [0.2, 0.25) is 0 Å². The van der Waals surface area contributed by atoms with Crippen molar-refractivity contribution in [1.29, 1.82) is 0 Å². The fraction of sp³-hybridized carbons (Fsp3) is 0.412. The highest BCUT2D eigenvalue weighted by Crippen LogP contribution is 2.33. The standard InChI is InChI=1S/C17H22N2S/c1-2-18-12-14-5-7-15(8-6-14)19(16-9-10-16)13-17-4-3-11-20-17/h3-8,11,16,18H,2,9-10,12-13H2,1H3. The number of anilines is 1. The molecule has 0 radical (unpaired) electrons. The fourth-order valence-corrected chi connectivity index (χ4v) is 3.17. The average Bonchev–Trinajstić information content (AvgIpc) is 3.20. The first-order valence-corrected chi connectivity index (χ1v) is 8.33. The summed E-state index contributed by atoms with van der Waals surface area (Å²) >= 11 is 1.85. The molecule has 0 saturated heterocycles. The molecule has 1 N–H and O–H groups in total. The monoisotopic (exact) mass is 286 g/mol. The summed E-state index contributed by atoms with van der Waals surface area (Å²) in [6.07, 6.45) is 2.68. The first-order chi connectivity index (χ1) is 9.86. The molecule has 2 nitrogen and oxygen atoms in total. The molecule has 1 fully saturated rings. The molecule has 2 aromatic rings. The minimum Gasteiger partial charge on any atom is -0.363 e. The molecule has 0 aliphatic heterocycles. The smallest absolute Gasteiger partial charge is 0.0525 e. The molecule has 1 aromatic heterocycles. The Bertz CT molecular complexity index is 514. The van der Waals surface area contributed by atoms with Crippen molar-refractivity contribution >= 4 is 17.0 Å². The van der Waals surface area contributed by atoms with Gasteiger partial charge in [-0.05, 0) is 48.5 Å². The number of hydrogen-bond donors (Lipinski definition) is 1. The third-order valence-corrected chi connectivity index (χ3v) is 4.60. The lowest BCUT2D eigenvalue weighted by Crippen LogP contribution is -2.24. The first kappa shape index (κ1) is 13.7. The summed E-state index contributed by atoms with van der Waals surface area (Å²) < 4.78 is 0. The molecule has 106 valence electrons. The topological polar surface area (TPSA) is 15.3 Å². The van der Waals surface area contributed by atoms with Gasteiger partial charge in [-0.25, -0.2) is 0 Å². The lowest BCUT2D eigenvalue weighted by molar-refractivity contribution is 0.726. The highest BCUT2D eigenvalue weighted by atomic mass is 32.1. The van der Waals surface area contributed by atoms with E-state index in [4.69, 9.17) is 0 Å². The van der Waals surface area contributed by atoms with Crippen LogP contribution in [0.3, 0.4) is 0 Å². The van der Waals surface area contributed by atoms with E-state index in [1.165, 1.54) is 29.0 Å². The van der Waals surface area contributed by atoms with Crippen molar-refractivity contribution in [2.75, 3.05) is 11.4 Å². The summed E-state index contributed by atoms with van der Waals surface area (Å²) in [6.45, 7) is 5.18. The van der Waals surface area contributed by atoms with Crippen LogP contribution in [0.1, 0.15) is 30.2 Å². The molecular weight excluding hydrogens is 264 g/mol. The maximum atomic E-state index is 3.37. The predicted octanol–water partition coefficient (Wildman–Crippen LogP) is 4.03. The Morgan fingerprint density at radius 3 is 2.60 bits per heavy atom. The summed E-state index contributed by atoms with van der Waals surface area (Å²) in [5, 5.41) is 5.54. The van der Waals surface area contributed by atoms with Gasteiger partial charge in [-0.15, -0.1) is 11.3 Å². The van der Waals surface area contributed by atoms with Crippen LogP contribution in [0.15, 0.2) is 41.8 Å². The van der Waals surface area contributed by atoms with Gasteiger partial charge in [0.15, 0.2) is 0 Å². The minimum absolute atomic E-state index is 0.747. The second-order valence-corrected chi connectivity index (χ2v) is 6.42. The van der Waals surface area contributed by atoms with Crippen molar-refractivity contribution in [2.24, 2.45) is 0 Å². The van der Waals surface area contributed by atoms with Gasteiger partial charge in [0.05, 0.1) is 6.54 Å². The summed E-state index contributed by atoms with van der Waals surface area (Å²) in [5.74, 6) is 0. The number of nitrogens with one attached hydrogen (secondary N) is 1. The zero-order chi connectivity index (χ0) is 13.8. The summed E-state index contributed by atoms with van der Waals surface area (Å²) in [7, 11) is 0. The minimum atomic E-state index is 0.747. The van der Waals surface area contributed by atoms with Crippen LogP contribution >= 0.6 is 11.3 Å². The van der Waals surface area contributed by atoms with Gasteiger partial charge in [-0.3, -0.25) is 0 Å². The molecule has 0 spiro atoms. The Morgan fingerprint density at radius 1 is 1.20 bits per heavy atom. The Kier molecular flexibility index (Phi) is 4.38. The Balaban J connectivity index is 1.70. The second kappa shape index (κ2) is 6.42. The zero-order valence-corrected chi connectivity index (χ0v) is 12.8. The molecule has 1 aliphatic rings. The van der Waals surface area contributed by atoms with E-state index in [1.807, 2.05) is 11.3 Å². The largest absolute Gasteiger partial charge is 0.363 e. The molecule has 1 aliphatic carbocycles. The van der Waals surface area contributed by atoms with Crippen LogP contribution in [0.5, 0.6) is 0 Å². The third-order valence-electron chi connectivity index (χ3n) is 3.74. The molecule has 1 saturated carbocycles. The lowest BCUT2D eigenvalue weighted by atomic mass is 10.2. The molecule has 0 unspecified atom stereocenters. The normalized spacial score (nSPS) is 14.4. The van der Waals surface area contributed by atoms with Crippen molar-refractivity contribution in [3.8, 4) is 0 Å². The van der Waals surface area contributed by atoms with Gasteiger partial charge in [0.1, 0.15) is 0 Å². The van der Waals surface area contributed by atoms with Crippen molar-refractivity contribution < 1.29 is 0 Å². The third kappa shape index (κ3) is 3.41. The van der Waals surface area contributed by atoms with Crippen molar-refractivity contribution in [3.05, 3.63) is 52.2 Å². The molecular formula is C17H22N2S. The van der Waals surface area contributed by atoms with Crippen LogP contribution in [0.4, 0.5) is 5.69 Å². The maximum absolute atomic E-state index is 3.37. The summed E-state index contributed by atoms with van der Waals surface area (Å²) in [4.78, 5) is 4.01. The van der Waals surface area contributed by atoms with Gasteiger partial charge in [0.2, 0.25) is 0 Å². The molecule has 1 heterocycles. The Morgan fingerprint density at radius 2 is 2.00 bits per heavy atom. The highest BCUT2D eigenvalue weighted by molar-refractivity contribution is 7.09. The Labute approximate surface area is 125 Å². The molecule has 3 rings (SSSR count). The van der Waals surface area contributed by atoms with E-state index in [0.29, 0.717) is 0 Å². The number of benzene rings is 1.